The third kappa shape index (κ3) is 2.48. The number of hydrogen-bond donors (Lipinski definition) is 0. The molecule has 0 aromatic heterocycles. The highest BCUT2D eigenvalue weighted by atomic mass is 32.2. The Morgan fingerprint density at radius 3 is 2.83 bits per heavy atom. The molecule has 5 nitrogen and oxygen atoms in total. The Hall–Kier alpha value is -1.56. The summed E-state index contributed by atoms with van der Waals surface area (Å²) in [6.45, 7) is 1.00. The van der Waals surface area contributed by atoms with Gasteiger partial charge in [0.2, 0.25) is 5.91 Å². The van der Waals surface area contributed by atoms with Crippen LogP contribution in [-0.4, -0.2) is 33.8 Å². The highest BCUT2D eigenvalue weighted by Gasteiger charge is 2.31. The number of amides is 1. The quantitative estimate of drug-likeness (QED) is 0.618. The molecule has 1 fully saturated rings. The van der Waals surface area contributed by atoms with Crippen molar-refractivity contribution in [1.29, 1.82) is 0 Å². The minimum Gasteiger partial charge on any atom is -0.337 e. The lowest BCUT2D eigenvalue weighted by atomic mass is 10.1. The molecule has 1 aliphatic rings. The first-order valence-corrected chi connectivity index (χ1v) is 6.96. The second-order valence-electron chi connectivity index (χ2n) is 4.16. The first-order valence-electron chi connectivity index (χ1n) is 5.67. The van der Waals surface area contributed by atoms with E-state index < -0.39 is 4.92 Å². The van der Waals surface area contributed by atoms with E-state index in [9.17, 15) is 14.9 Å². The summed E-state index contributed by atoms with van der Waals surface area (Å²) in [6.07, 6.45) is 2.73. The first kappa shape index (κ1) is 12.9. The molecule has 0 bridgehead atoms. The maximum atomic E-state index is 12.0. The van der Waals surface area contributed by atoms with Gasteiger partial charge in [-0.1, -0.05) is 18.2 Å². The number of carbonyl (C=O) groups excluding carboxylic acids is 1. The van der Waals surface area contributed by atoms with Gasteiger partial charge in [-0.05, 0) is 12.7 Å². The molecule has 1 unspecified atom stereocenters. The number of rotatable bonds is 4. The molecular formula is C12H14N2O3S. The number of nitro benzene ring substituents is 1. The summed E-state index contributed by atoms with van der Waals surface area (Å²) < 4.78 is 0. The number of likely N-dealkylation sites (tertiary alicyclic amines) is 1. The fraction of sp³-hybridized carbons (Fsp3) is 0.417. The SMILES string of the molecule is CSC1CCN(Cc2ccccc2[N+](=O)[O-])C1=O. The minimum absolute atomic E-state index is 0.00719. The Morgan fingerprint density at radius 2 is 2.22 bits per heavy atom. The van der Waals surface area contributed by atoms with E-state index in [4.69, 9.17) is 0 Å². The number of nitro groups is 1. The highest BCUT2D eigenvalue weighted by molar-refractivity contribution is 7.99. The maximum Gasteiger partial charge on any atom is 0.274 e. The monoisotopic (exact) mass is 266 g/mol. The van der Waals surface area contributed by atoms with Crippen LogP contribution >= 0.6 is 11.8 Å². The zero-order valence-electron chi connectivity index (χ0n) is 10.0. The Balaban J connectivity index is 2.16. The zero-order valence-corrected chi connectivity index (χ0v) is 10.9. The Kier molecular flexibility index (Phi) is 3.86. The van der Waals surface area contributed by atoms with E-state index in [1.807, 2.05) is 6.26 Å². The summed E-state index contributed by atoms with van der Waals surface area (Å²) in [7, 11) is 0. The van der Waals surface area contributed by atoms with Gasteiger partial charge < -0.3 is 4.90 Å². The number of hydrogen-bond acceptors (Lipinski definition) is 4. The van der Waals surface area contributed by atoms with Crippen LogP contribution in [0.25, 0.3) is 0 Å². The Bertz CT molecular complexity index is 478. The lowest BCUT2D eigenvalue weighted by Gasteiger charge is -2.16. The standard InChI is InChI=1S/C12H14N2O3S/c1-18-11-6-7-13(12(11)15)8-9-4-2-3-5-10(9)14(16)17/h2-5,11H,6-8H2,1H3. The van der Waals surface area contributed by atoms with Crippen molar-refractivity contribution in [3.8, 4) is 0 Å². The normalized spacial score (nSPS) is 19.3. The van der Waals surface area contributed by atoms with Crippen molar-refractivity contribution in [2.75, 3.05) is 12.8 Å². The van der Waals surface area contributed by atoms with Crippen LogP contribution in [0.1, 0.15) is 12.0 Å². The van der Waals surface area contributed by atoms with E-state index in [0.29, 0.717) is 18.7 Å². The fourth-order valence-corrected chi connectivity index (χ4v) is 2.81. The molecule has 6 heteroatoms. The third-order valence-corrected chi connectivity index (χ3v) is 4.09. The fourth-order valence-electron chi connectivity index (χ4n) is 2.11. The van der Waals surface area contributed by atoms with Crippen LogP contribution in [0, 0.1) is 10.1 Å². The van der Waals surface area contributed by atoms with Crippen molar-refractivity contribution in [3.05, 3.63) is 39.9 Å². The molecule has 0 N–H and O–H groups in total. The van der Waals surface area contributed by atoms with Crippen molar-refractivity contribution in [2.45, 2.75) is 18.2 Å². The minimum atomic E-state index is -0.401. The molecule has 1 saturated heterocycles. The molecule has 2 rings (SSSR count). The lowest BCUT2D eigenvalue weighted by molar-refractivity contribution is -0.385. The molecule has 18 heavy (non-hydrogen) atoms. The van der Waals surface area contributed by atoms with Crippen LogP contribution < -0.4 is 0 Å². The molecule has 1 aromatic carbocycles. The second kappa shape index (κ2) is 5.39. The van der Waals surface area contributed by atoms with E-state index in [0.717, 1.165) is 6.42 Å². The van der Waals surface area contributed by atoms with Gasteiger partial charge in [0, 0.05) is 18.2 Å². The molecular weight excluding hydrogens is 252 g/mol. The molecule has 0 aliphatic carbocycles. The van der Waals surface area contributed by atoms with Crippen molar-refractivity contribution in [2.24, 2.45) is 0 Å². The topological polar surface area (TPSA) is 63.4 Å². The molecule has 1 amide bonds. The van der Waals surface area contributed by atoms with Crippen LogP contribution in [0.2, 0.25) is 0 Å². The number of thioether (sulfide) groups is 1. The summed E-state index contributed by atoms with van der Waals surface area (Å²) in [5.74, 6) is 0.0839. The van der Waals surface area contributed by atoms with Gasteiger partial charge in [0.05, 0.1) is 16.7 Å². The average Bonchev–Trinajstić information content (AvgIpc) is 2.71. The van der Waals surface area contributed by atoms with Gasteiger partial charge in [-0.2, -0.15) is 11.8 Å². The van der Waals surface area contributed by atoms with E-state index >= 15 is 0 Å². The summed E-state index contributed by atoms with van der Waals surface area (Å²) in [4.78, 5) is 24.1. The van der Waals surface area contributed by atoms with Crippen molar-refractivity contribution >= 4 is 23.4 Å². The average molecular weight is 266 g/mol. The van der Waals surface area contributed by atoms with Crippen LogP contribution in [-0.2, 0) is 11.3 Å². The number of nitrogens with zero attached hydrogens (tertiary/aromatic N) is 2. The number of carbonyl (C=O) groups is 1. The van der Waals surface area contributed by atoms with Crippen LogP contribution in [0.3, 0.4) is 0 Å². The van der Waals surface area contributed by atoms with Gasteiger partial charge in [-0.3, -0.25) is 14.9 Å². The molecule has 96 valence electrons. The zero-order chi connectivity index (χ0) is 13.1. The molecule has 0 saturated carbocycles. The van der Waals surface area contributed by atoms with Crippen molar-refractivity contribution in [1.82, 2.24) is 4.90 Å². The van der Waals surface area contributed by atoms with Gasteiger partial charge in [0.25, 0.3) is 5.69 Å². The van der Waals surface area contributed by atoms with Crippen LogP contribution in [0.15, 0.2) is 24.3 Å². The summed E-state index contributed by atoms with van der Waals surface area (Å²) >= 11 is 1.54. The predicted octanol–water partition coefficient (Wildman–Crippen LogP) is 2.06. The Morgan fingerprint density at radius 1 is 1.50 bits per heavy atom. The van der Waals surface area contributed by atoms with Crippen molar-refractivity contribution < 1.29 is 9.72 Å². The van der Waals surface area contributed by atoms with Gasteiger partial charge in [0.1, 0.15) is 0 Å². The van der Waals surface area contributed by atoms with Gasteiger partial charge in [0.15, 0.2) is 0 Å². The molecule has 1 aromatic rings. The van der Waals surface area contributed by atoms with E-state index in [1.54, 1.807) is 34.9 Å². The summed E-state index contributed by atoms with van der Waals surface area (Å²) in [6, 6.07) is 6.58. The number of benzene rings is 1. The molecule has 1 atom stereocenters. The molecule has 0 spiro atoms. The van der Waals surface area contributed by atoms with Gasteiger partial charge >= 0.3 is 0 Å². The predicted molar refractivity (Wildman–Crippen MR) is 70.4 cm³/mol. The highest BCUT2D eigenvalue weighted by Crippen LogP contribution is 2.26. The van der Waals surface area contributed by atoms with E-state index in [-0.39, 0.29) is 16.8 Å². The van der Waals surface area contributed by atoms with Crippen molar-refractivity contribution in [3.63, 3.8) is 0 Å². The van der Waals surface area contributed by atoms with Crippen LogP contribution in [0.4, 0.5) is 5.69 Å². The molecule has 1 aliphatic heterocycles. The largest absolute Gasteiger partial charge is 0.337 e. The van der Waals surface area contributed by atoms with Gasteiger partial charge in [-0.15, -0.1) is 0 Å². The molecule has 0 radical (unpaired) electrons. The smallest absolute Gasteiger partial charge is 0.274 e. The molecule has 1 heterocycles. The summed E-state index contributed by atoms with van der Waals surface area (Å²) in [5, 5.41) is 10.9. The number of para-hydroxylation sites is 1. The third-order valence-electron chi connectivity index (χ3n) is 3.08. The Labute approximate surface area is 109 Å². The van der Waals surface area contributed by atoms with E-state index in [2.05, 4.69) is 0 Å². The van der Waals surface area contributed by atoms with Crippen LogP contribution in [0.5, 0.6) is 0 Å². The maximum absolute atomic E-state index is 12.0. The first-order chi connectivity index (χ1) is 8.63. The van der Waals surface area contributed by atoms with E-state index in [1.165, 1.54) is 6.07 Å². The summed E-state index contributed by atoms with van der Waals surface area (Å²) in [5.41, 5.74) is 0.676. The lowest BCUT2D eigenvalue weighted by Crippen LogP contribution is -2.28. The van der Waals surface area contributed by atoms with Gasteiger partial charge in [-0.25, -0.2) is 0 Å². The second-order valence-corrected chi connectivity index (χ2v) is 5.20.